The second-order valence-electron chi connectivity index (χ2n) is 9.62. The summed E-state index contributed by atoms with van der Waals surface area (Å²) in [4.78, 5) is 29.4. The van der Waals surface area contributed by atoms with Gasteiger partial charge in [-0.1, -0.05) is 35.5 Å². The highest BCUT2D eigenvalue weighted by Crippen LogP contribution is 2.33. The van der Waals surface area contributed by atoms with Crippen molar-refractivity contribution in [1.29, 1.82) is 0 Å². The summed E-state index contributed by atoms with van der Waals surface area (Å²) in [6, 6.07) is 20.7. The first-order chi connectivity index (χ1) is 17.7. The Bertz CT molecular complexity index is 1370. The summed E-state index contributed by atoms with van der Waals surface area (Å²) < 4.78 is 12.5. The van der Waals surface area contributed by atoms with E-state index in [0.717, 1.165) is 5.52 Å². The molecule has 3 aromatic carbocycles. The summed E-state index contributed by atoms with van der Waals surface area (Å²) in [6.45, 7) is 5.56. The third kappa shape index (κ3) is 5.88. The van der Waals surface area contributed by atoms with E-state index in [9.17, 15) is 9.59 Å². The fourth-order valence-corrected chi connectivity index (χ4v) is 4.11. The molecule has 1 N–H and O–H groups in total. The van der Waals surface area contributed by atoms with Crippen molar-refractivity contribution < 1.29 is 19.1 Å². The fraction of sp³-hybridized carbons (Fsp3) is 0.286. The zero-order chi connectivity index (χ0) is 26.6. The van der Waals surface area contributed by atoms with Gasteiger partial charge in [-0.3, -0.25) is 14.5 Å². The van der Waals surface area contributed by atoms with Gasteiger partial charge < -0.3 is 14.8 Å². The molecule has 0 bridgehead atoms. The highest BCUT2D eigenvalue weighted by atomic mass is 16.5. The Morgan fingerprint density at radius 2 is 1.57 bits per heavy atom. The molecule has 0 saturated heterocycles. The number of benzene rings is 3. The number of carbonyl (C=O) groups excluding carboxylic acids is 2. The highest BCUT2D eigenvalue weighted by molar-refractivity contribution is 6.01. The molecule has 9 nitrogen and oxygen atoms in total. The molecule has 0 aliphatic heterocycles. The molecule has 37 heavy (non-hydrogen) atoms. The summed E-state index contributed by atoms with van der Waals surface area (Å²) in [5.74, 6) is 0.331. The van der Waals surface area contributed by atoms with E-state index >= 15 is 0 Å². The predicted molar refractivity (Wildman–Crippen MR) is 142 cm³/mol. The van der Waals surface area contributed by atoms with Gasteiger partial charge in [-0.15, -0.1) is 5.10 Å². The molecule has 0 saturated carbocycles. The lowest BCUT2D eigenvalue weighted by Gasteiger charge is -2.34. The van der Waals surface area contributed by atoms with Crippen molar-refractivity contribution >= 4 is 28.5 Å². The largest absolute Gasteiger partial charge is 0.497 e. The molecule has 1 unspecified atom stereocenters. The molecule has 0 spiro atoms. The van der Waals surface area contributed by atoms with Crippen LogP contribution in [0.25, 0.3) is 11.0 Å². The zero-order valence-corrected chi connectivity index (χ0v) is 21.6. The van der Waals surface area contributed by atoms with Gasteiger partial charge in [-0.2, -0.15) is 0 Å². The van der Waals surface area contributed by atoms with Crippen LogP contribution in [-0.2, 0) is 16.1 Å². The van der Waals surface area contributed by atoms with E-state index in [-0.39, 0.29) is 18.4 Å². The minimum absolute atomic E-state index is 0.115. The number of fused-ring (bicyclic) bond motifs is 1. The fourth-order valence-electron chi connectivity index (χ4n) is 4.11. The van der Waals surface area contributed by atoms with Crippen LogP contribution in [0.15, 0.2) is 72.8 Å². The van der Waals surface area contributed by atoms with Gasteiger partial charge in [0.2, 0.25) is 11.8 Å². The monoisotopic (exact) mass is 501 g/mol. The SMILES string of the molecule is COc1cc(OC)cc(C(C(=O)NC(C)(C)C)N(C(=O)Cn2nnc3ccccc32)c2ccccc2)c1. The van der Waals surface area contributed by atoms with Crippen LogP contribution in [0.2, 0.25) is 0 Å². The maximum absolute atomic E-state index is 14.0. The van der Waals surface area contributed by atoms with Crippen molar-refractivity contribution in [3.8, 4) is 11.5 Å². The second kappa shape index (κ2) is 10.7. The molecule has 2 amide bonds. The van der Waals surface area contributed by atoms with Crippen molar-refractivity contribution in [1.82, 2.24) is 20.3 Å². The number of para-hydroxylation sites is 2. The quantitative estimate of drug-likeness (QED) is 0.390. The van der Waals surface area contributed by atoms with E-state index in [2.05, 4.69) is 15.6 Å². The van der Waals surface area contributed by atoms with Crippen molar-refractivity contribution in [3.05, 3.63) is 78.4 Å². The van der Waals surface area contributed by atoms with Crippen LogP contribution < -0.4 is 19.7 Å². The number of carbonyl (C=O) groups is 2. The molecule has 9 heteroatoms. The average Bonchev–Trinajstić information content (AvgIpc) is 3.28. The van der Waals surface area contributed by atoms with Crippen molar-refractivity contribution in [2.45, 2.75) is 38.9 Å². The average molecular weight is 502 g/mol. The van der Waals surface area contributed by atoms with Crippen LogP contribution in [0.3, 0.4) is 0 Å². The first kappa shape index (κ1) is 25.7. The summed E-state index contributed by atoms with van der Waals surface area (Å²) >= 11 is 0. The number of amides is 2. The minimum Gasteiger partial charge on any atom is -0.497 e. The van der Waals surface area contributed by atoms with Gasteiger partial charge in [0.25, 0.3) is 0 Å². The highest BCUT2D eigenvalue weighted by Gasteiger charge is 2.35. The predicted octanol–water partition coefficient (Wildman–Crippen LogP) is 4.14. The van der Waals surface area contributed by atoms with Gasteiger partial charge in [0, 0.05) is 17.3 Å². The molecule has 4 rings (SSSR count). The summed E-state index contributed by atoms with van der Waals surface area (Å²) in [7, 11) is 3.08. The molecule has 4 aromatic rings. The van der Waals surface area contributed by atoms with Crippen LogP contribution in [0, 0.1) is 0 Å². The lowest BCUT2D eigenvalue weighted by Crippen LogP contribution is -2.50. The van der Waals surface area contributed by atoms with E-state index in [1.807, 2.05) is 63.2 Å². The van der Waals surface area contributed by atoms with Gasteiger partial charge >= 0.3 is 0 Å². The second-order valence-corrected chi connectivity index (χ2v) is 9.62. The summed E-state index contributed by atoms with van der Waals surface area (Å²) in [5.41, 5.74) is 1.97. The number of anilines is 1. The number of hydrogen-bond donors (Lipinski definition) is 1. The Kier molecular flexibility index (Phi) is 7.42. The van der Waals surface area contributed by atoms with Gasteiger partial charge in [0.05, 0.1) is 19.7 Å². The molecule has 192 valence electrons. The standard InChI is InChI=1S/C28H31N5O4/c1-28(2,3)29-27(35)26(19-15-21(36-4)17-22(16-19)37-5)33(20-11-7-6-8-12-20)25(34)18-32-24-14-10-9-13-23(24)30-31-32/h6-17,26H,18H2,1-5H3,(H,29,35). The van der Waals surface area contributed by atoms with Gasteiger partial charge in [0.15, 0.2) is 0 Å². The molecule has 1 heterocycles. The Labute approximate surface area is 216 Å². The molecular formula is C28H31N5O4. The lowest BCUT2D eigenvalue weighted by atomic mass is 10.00. The van der Waals surface area contributed by atoms with E-state index in [1.54, 1.807) is 49.2 Å². The number of aromatic nitrogens is 3. The van der Waals surface area contributed by atoms with E-state index in [4.69, 9.17) is 9.47 Å². The molecule has 1 atom stereocenters. The summed E-state index contributed by atoms with van der Waals surface area (Å²) in [5, 5.41) is 11.4. The van der Waals surface area contributed by atoms with Gasteiger partial charge in [-0.05, 0) is 62.7 Å². The molecule has 0 radical (unpaired) electrons. The van der Waals surface area contributed by atoms with Crippen molar-refractivity contribution in [2.24, 2.45) is 0 Å². The topological polar surface area (TPSA) is 98.6 Å². The van der Waals surface area contributed by atoms with Crippen LogP contribution in [0.4, 0.5) is 5.69 Å². The normalized spacial score (nSPS) is 12.1. The third-order valence-electron chi connectivity index (χ3n) is 5.70. The maximum atomic E-state index is 14.0. The Balaban J connectivity index is 1.85. The van der Waals surface area contributed by atoms with Crippen LogP contribution in [-0.4, -0.2) is 46.6 Å². The first-order valence-electron chi connectivity index (χ1n) is 11.9. The number of methoxy groups -OCH3 is 2. The van der Waals surface area contributed by atoms with E-state index in [0.29, 0.717) is 28.3 Å². The first-order valence-corrected chi connectivity index (χ1v) is 11.9. The summed E-state index contributed by atoms with van der Waals surface area (Å²) in [6.07, 6.45) is 0. The number of hydrogen-bond acceptors (Lipinski definition) is 6. The van der Waals surface area contributed by atoms with Crippen molar-refractivity contribution in [2.75, 3.05) is 19.1 Å². The van der Waals surface area contributed by atoms with Gasteiger partial charge in [0.1, 0.15) is 29.6 Å². The lowest BCUT2D eigenvalue weighted by molar-refractivity contribution is -0.128. The molecular weight excluding hydrogens is 470 g/mol. The maximum Gasteiger partial charge on any atom is 0.249 e. The number of nitrogens with one attached hydrogen (secondary N) is 1. The van der Waals surface area contributed by atoms with Crippen LogP contribution in [0.5, 0.6) is 11.5 Å². The van der Waals surface area contributed by atoms with Crippen LogP contribution >= 0.6 is 0 Å². The van der Waals surface area contributed by atoms with Crippen LogP contribution in [0.1, 0.15) is 32.4 Å². The number of ether oxygens (including phenoxy) is 2. The third-order valence-corrected chi connectivity index (χ3v) is 5.70. The number of rotatable bonds is 8. The molecule has 0 aliphatic rings. The number of nitrogens with zero attached hydrogens (tertiary/aromatic N) is 4. The molecule has 0 fully saturated rings. The minimum atomic E-state index is -1.02. The zero-order valence-electron chi connectivity index (χ0n) is 21.6. The van der Waals surface area contributed by atoms with E-state index < -0.39 is 11.6 Å². The Morgan fingerprint density at radius 3 is 2.19 bits per heavy atom. The molecule has 1 aromatic heterocycles. The van der Waals surface area contributed by atoms with Crippen molar-refractivity contribution in [3.63, 3.8) is 0 Å². The van der Waals surface area contributed by atoms with Gasteiger partial charge in [-0.25, -0.2) is 4.68 Å². The Hall–Kier alpha value is -4.40. The molecule has 0 aliphatic carbocycles. The van der Waals surface area contributed by atoms with E-state index in [1.165, 1.54) is 4.90 Å². The smallest absolute Gasteiger partial charge is 0.249 e. The Morgan fingerprint density at radius 1 is 0.946 bits per heavy atom.